The van der Waals surface area contributed by atoms with Crippen molar-refractivity contribution in [1.29, 1.82) is 0 Å². The standard InChI is InChI=1S/C13H13ClN2S/c14-11-6-7-13(16-8-11)17-9-12(15)10-4-2-1-3-5-10/h1-8,12H,9,15H2. The van der Waals surface area contributed by atoms with E-state index in [2.05, 4.69) is 4.98 Å². The third-order valence-corrected chi connectivity index (χ3v) is 3.63. The van der Waals surface area contributed by atoms with E-state index in [0.717, 1.165) is 16.3 Å². The highest BCUT2D eigenvalue weighted by atomic mass is 35.5. The molecule has 1 aromatic heterocycles. The van der Waals surface area contributed by atoms with Crippen LogP contribution in [-0.2, 0) is 0 Å². The number of nitrogens with zero attached hydrogens (tertiary/aromatic N) is 1. The molecule has 0 spiro atoms. The predicted octanol–water partition coefficient (Wildman–Crippen LogP) is 3.53. The molecule has 0 amide bonds. The minimum absolute atomic E-state index is 0.0266. The molecule has 1 atom stereocenters. The minimum Gasteiger partial charge on any atom is -0.323 e. The van der Waals surface area contributed by atoms with E-state index < -0.39 is 0 Å². The Morgan fingerprint density at radius 1 is 1.18 bits per heavy atom. The SMILES string of the molecule is NC(CSc1ccc(Cl)cn1)c1ccccc1. The van der Waals surface area contributed by atoms with Gasteiger partial charge in [-0.1, -0.05) is 41.9 Å². The van der Waals surface area contributed by atoms with Gasteiger partial charge in [0, 0.05) is 18.0 Å². The van der Waals surface area contributed by atoms with Gasteiger partial charge in [-0.2, -0.15) is 0 Å². The second-order valence-electron chi connectivity index (χ2n) is 3.64. The van der Waals surface area contributed by atoms with Gasteiger partial charge in [-0.25, -0.2) is 4.98 Å². The first kappa shape index (κ1) is 12.4. The van der Waals surface area contributed by atoms with Gasteiger partial charge in [0.25, 0.3) is 0 Å². The number of rotatable bonds is 4. The van der Waals surface area contributed by atoms with Crippen LogP contribution in [0.1, 0.15) is 11.6 Å². The fourth-order valence-corrected chi connectivity index (χ4v) is 2.37. The molecule has 0 bridgehead atoms. The van der Waals surface area contributed by atoms with Gasteiger partial charge in [-0.05, 0) is 17.7 Å². The van der Waals surface area contributed by atoms with E-state index >= 15 is 0 Å². The van der Waals surface area contributed by atoms with Gasteiger partial charge >= 0.3 is 0 Å². The highest BCUT2D eigenvalue weighted by Gasteiger charge is 2.06. The van der Waals surface area contributed by atoms with Gasteiger partial charge in [-0.3, -0.25) is 0 Å². The van der Waals surface area contributed by atoms with Crippen LogP contribution >= 0.6 is 23.4 Å². The number of benzene rings is 1. The summed E-state index contributed by atoms with van der Waals surface area (Å²) in [5, 5.41) is 1.60. The normalized spacial score (nSPS) is 12.4. The van der Waals surface area contributed by atoms with Crippen molar-refractivity contribution >= 4 is 23.4 Å². The first-order valence-corrected chi connectivity index (χ1v) is 6.67. The van der Waals surface area contributed by atoms with E-state index in [1.54, 1.807) is 18.0 Å². The van der Waals surface area contributed by atoms with Crippen LogP contribution in [0.25, 0.3) is 0 Å². The van der Waals surface area contributed by atoms with Crippen LogP contribution in [0.2, 0.25) is 5.02 Å². The maximum absolute atomic E-state index is 6.10. The molecule has 1 unspecified atom stereocenters. The third-order valence-electron chi connectivity index (χ3n) is 2.34. The van der Waals surface area contributed by atoms with Crippen molar-refractivity contribution in [3.8, 4) is 0 Å². The lowest BCUT2D eigenvalue weighted by Gasteiger charge is -2.10. The van der Waals surface area contributed by atoms with E-state index in [1.807, 2.05) is 42.5 Å². The second kappa shape index (κ2) is 6.05. The molecule has 0 radical (unpaired) electrons. The van der Waals surface area contributed by atoms with Crippen molar-refractivity contribution in [1.82, 2.24) is 4.98 Å². The van der Waals surface area contributed by atoms with Crippen LogP contribution in [-0.4, -0.2) is 10.7 Å². The van der Waals surface area contributed by atoms with Crippen molar-refractivity contribution in [2.75, 3.05) is 5.75 Å². The van der Waals surface area contributed by atoms with Crippen molar-refractivity contribution in [3.05, 3.63) is 59.2 Å². The van der Waals surface area contributed by atoms with E-state index in [9.17, 15) is 0 Å². The Morgan fingerprint density at radius 3 is 2.59 bits per heavy atom. The van der Waals surface area contributed by atoms with Gasteiger partial charge in [0.05, 0.1) is 10.0 Å². The molecule has 17 heavy (non-hydrogen) atoms. The fraction of sp³-hybridized carbons (Fsp3) is 0.154. The van der Waals surface area contributed by atoms with Crippen molar-refractivity contribution in [2.45, 2.75) is 11.1 Å². The molecule has 0 aliphatic heterocycles. The zero-order chi connectivity index (χ0) is 12.1. The number of aromatic nitrogens is 1. The largest absolute Gasteiger partial charge is 0.323 e. The number of halogens is 1. The molecule has 1 heterocycles. The van der Waals surface area contributed by atoms with Crippen LogP contribution in [0.5, 0.6) is 0 Å². The lowest BCUT2D eigenvalue weighted by molar-refractivity contribution is 0.830. The van der Waals surface area contributed by atoms with Crippen molar-refractivity contribution in [3.63, 3.8) is 0 Å². The summed E-state index contributed by atoms with van der Waals surface area (Å²) in [4.78, 5) is 4.22. The number of pyridine rings is 1. The minimum atomic E-state index is 0.0266. The summed E-state index contributed by atoms with van der Waals surface area (Å²) in [5.41, 5.74) is 7.25. The molecule has 2 nitrogen and oxygen atoms in total. The Kier molecular flexibility index (Phi) is 4.42. The number of hydrogen-bond donors (Lipinski definition) is 1. The molecular weight excluding hydrogens is 252 g/mol. The van der Waals surface area contributed by atoms with E-state index in [0.29, 0.717) is 5.02 Å². The Labute approximate surface area is 110 Å². The highest BCUT2D eigenvalue weighted by molar-refractivity contribution is 7.99. The second-order valence-corrected chi connectivity index (χ2v) is 5.12. The maximum Gasteiger partial charge on any atom is 0.0961 e. The van der Waals surface area contributed by atoms with Gasteiger partial charge in [-0.15, -0.1) is 11.8 Å². The Morgan fingerprint density at radius 2 is 1.94 bits per heavy atom. The number of nitrogens with two attached hydrogens (primary N) is 1. The summed E-state index contributed by atoms with van der Waals surface area (Å²) < 4.78 is 0. The summed E-state index contributed by atoms with van der Waals surface area (Å²) in [7, 11) is 0. The van der Waals surface area contributed by atoms with Crippen LogP contribution < -0.4 is 5.73 Å². The van der Waals surface area contributed by atoms with Crippen LogP contribution in [0.15, 0.2) is 53.7 Å². The van der Waals surface area contributed by atoms with Crippen molar-refractivity contribution in [2.24, 2.45) is 5.73 Å². The van der Waals surface area contributed by atoms with Gasteiger partial charge < -0.3 is 5.73 Å². The summed E-state index contributed by atoms with van der Waals surface area (Å²) in [6.07, 6.45) is 1.65. The lowest BCUT2D eigenvalue weighted by atomic mass is 10.1. The molecule has 0 saturated heterocycles. The van der Waals surface area contributed by atoms with E-state index in [4.69, 9.17) is 17.3 Å². The molecule has 2 N–H and O–H groups in total. The van der Waals surface area contributed by atoms with Crippen molar-refractivity contribution < 1.29 is 0 Å². The number of hydrogen-bond acceptors (Lipinski definition) is 3. The molecule has 0 aliphatic carbocycles. The van der Waals surface area contributed by atoms with E-state index in [-0.39, 0.29) is 6.04 Å². The molecule has 0 saturated carbocycles. The Bertz CT molecular complexity index is 459. The highest BCUT2D eigenvalue weighted by Crippen LogP contribution is 2.22. The first-order chi connectivity index (χ1) is 8.25. The molecule has 0 fully saturated rings. The summed E-state index contributed by atoms with van der Waals surface area (Å²) in [6, 6.07) is 13.8. The summed E-state index contributed by atoms with van der Waals surface area (Å²) in [5.74, 6) is 0.804. The average Bonchev–Trinajstić information content (AvgIpc) is 2.39. The van der Waals surface area contributed by atoms with E-state index in [1.165, 1.54) is 0 Å². The zero-order valence-corrected chi connectivity index (χ0v) is 10.8. The monoisotopic (exact) mass is 264 g/mol. The van der Waals surface area contributed by atoms with Gasteiger partial charge in [0.2, 0.25) is 0 Å². The maximum atomic E-state index is 6.10. The Balaban J connectivity index is 1.92. The lowest BCUT2D eigenvalue weighted by Crippen LogP contribution is -2.12. The molecule has 88 valence electrons. The molecule has 2 aromatic rings. The van der Waals surface area contributed by atoms with Gasteiger partial charge in [0.15, 0.2) is 0 Å². The molecule has 4 heteroatoms. The smallest absolute Gasteiger partial charge is 0.0961 e. The van der Waals surface area contributed by atoms with Crippen LogP contribution in [0.3, 0.4) is 0 Å². The first-order valence-electron chi connectivity index (χ1n) is 5.30. The quantitative estimate of drug-likeness (QED) is 0.859. The Hall–Kier alpha value is -1.03. The molecule has 2 rings (SSSR count). The third kappa shape index (κ3) is 3.73. The average molecular weight is 265 g/mol. The molecular formula is C13H13ClN2S. The zero-order valence-electron chi connectivity index (χ0n) is 9.21. The molecule has 0 aliphatic rings. The predicted molar refractivity (Wildman–Crippen MR) is 73.3 cm³/mol. The number of thioether (sulfide) groups is 1. The summed E-state index contributed by atoms with van der Waals surface area (Å²) in [6.45, 7) is 0. The van der Waals surface area contributed by atoms with Crippen LogP contribution in [0, 0.1) is 0 Å². The topological polar surface area (TPSA) is 38.9 Å². The van der Waals surface area contributed by atoms with Crippen LogP contribution in [0.4, 0.5) is 0 Å². The van der Waals surface area contributed by atoms with Gasteiger partial charge in [0.1, 0.15) is 0 Å². The summed E-state index contributed by atoms with van der Waals surface area (Å²) >= 11 is 7.41. The molecule has 1 aromatic carbocycles. The fourth-order valence-electron chi connectivity index (χ4n) is 1.42.